The Balaban J connectivity index is 1.85. The Morgan fingerprint density at radius 1 is 1.17 bits per heavy atom. The van der Waals surface area contributed by atoms with Gasteiger partial charge in [-0.3, -0.25) is 4.79 Å². The Kier molecular flexibility index (Phi) is 4.07. The molecule has 1 amide bonds. The molecule has 4 atom stereocenters. The van der Waals surface area contributed by atoms with Crippen LogP contribution in [-0.4, -0.2) is 11.9 Å². The van der Waals surface area contributed by atoms with Crippen LogP contribution in [0, 0.1) is 23.7 Å². The van der Waals surface area contributed by atoms with Gasteiger partial charge in [-0.25, -0.2) is 0 Å². The van der Waals surface area contributed by atoms with Gasteiger partial charge in [-0.05, 0) is 36.5 Å². The third-order valence-corrected chi connectivity index (χ3v) is 4.92. The Morgan fingerprint density at radius 2 is 1.79 bits per heavy atom. The number of carbonyl (C=O) groups excluding carboxylic acids is 2. The predicted octanol–water partition coefficient (Wildman–Crippen LogP) is 2.49. The molecular weight excluding hydrogens is 347 g/mol. The first-order valence-electron chi connectivity index (χ1n) is 7.25. The maximum atomic E-state index is 12.8. The fraction of sp³-hybridized carbons (Fsp3) is 0.375. The van der Waals surface area contributed by atoms with Crippen molar-refractivity contribution in [3.05, 3.63) is 40.9 Å². The smallest absolute Gasteiger partial charge is 0.416 e. The number of rotatable bonds is 3. The molecule has 2 bridgehead atoms. The molecule has 24 heavy (non-hydrogen) atoms. The van der Waals surface area contributed by atoms with Crippen LogP contribution in [-0.2, 0) is 15.8 Å². The van der Waals surface area contributed by atoms with E-state index in [1.54, 1.807) is 12.2 Å². The summed E-state index contributed by atoms with van der Waals surface area (Å²) in [4.78, 5) is 23.8. The van der Waals surface area contributed by atoms with E-state index in [9.17, 15) is 27.9 Å². The molecule has 0 heterocycles. The van der Waals surface area contributed by atoms with E-state index in [4.69, 9.17) is 11.6 Å². The molecule has 1 N–H and O–H groups in total. The molecular formula is C16H12ClF3NO3-. The van der Waals surface area contributed by atoms with Gasteiger partial charge in [0.05, 0.1) is 22.2 Å². The monoisotopic (exact) mass is 358 g/mol. The fourth-order valence-electron chi connectivity index (χ4n) is 3.51. The number of anilines is 1. The second-order valence-corrected chi connectivity index (χ2v) is 6.41. The second kappa shape index (κ2) is 5.81. The maximum absolute atomic E-state index is 12.8. The number of benzene rings is 1. The number of carboxylic acid groups (broad SMARTS) is 1. The van der Waals surface area contributed by atoms with E-state index in [1.165, 1.54) is 0 Å². The standard InChI is InChI=1S/C16H13ClF3NO3/c17-10-4-3-9(16(18,19)20)6-11(10)21-14(22)12-7-1-2-8(5-7)13(12)15(23)24/h1-4,6-8,12-13H,5H2,(H,21,22)(H,23,24)/p-1. The summed E-state index contributed by atoms with van der Waals surface area (Å²) in [7, 11) is 0. The van der Waals surface area contributed by atoms with Crippen molar-refractivity contribution in [3.63, 3.8) is 0 Å². The number of aliphatic carboxylic acids is 1. The highest BCUT2D eigenvalue weighted by atomic mass is 35.5. The van der Waals surface area contributed by atoms with Crippen LogP contribution in [0.25, 0.3) is 0 Å². The number of allylic oxidation sites excluding steroid dienone is 2. The number of hydrogen-bond donors (Lipinski definition) is 1. The highest BCUT2D eigenvalue weighted by Gasteiger charge is 2.48. The number of nitrogens with one attached hydrogen (secondary N) is 1. The molecule has 1 saturated carbocycles. The minimum Gasteiger partial charge on any atom is -0.550 e. The molecule has 2 aliphatic rings. The first kappa shape index (κ1) is 16.8. The van der Waals surface area contributed by atoms with Crippen LogP contribution in [0.1, 0.15) is 12.0 Å². The number of alkyl halides is 3. The minimum absolute atomic E-state index is 0.0555. The molecule has 1 fully saturated rings. The zero-order chi connectivity index (χ0) is 17.6. The lowest BCUT2D eigenvalue weighted by Gasteiger charge is -2.28. The van der Waals surface area contributed by atoms with Crippen molar-refractivity contribution < 1.29 is 27.9 Å². The summed E-state index contributed by atoms with van der Waals surface area (Å²) < 4.78 is 38.3. The summed E-state index contributed by atoms with van der Waals surface area (Å²) in [5.74, 6) is -4.40. The van der Waals surface area contributed by atoms with Crippen LogP contribution in [0.4, 0.5) is 18.9 Å². The summed E-state index contributed by atoms with van der Waals surface area (Å²) >= 11 is 5.85. The van der Waals surface area contributed by atoms with E-state index in [2.05, 4.69) is 5.32 Å². The highest BCUT2D eigenvalue weighted by molar-refractivity contribution is 6.33. The van der Waals surface area contributed by atoms with Crippen molar-refractivity contribution in [1.29, 1.82) is 0 Å². The first-order valence-corrected chi connectivity index (χ1v) is 7.63. The number of hydrogen-bond acceptors (Lipinski definition) is 3. The van der Waals surface area contributed by atoms with Gasteiger partial charge < -0.3 is 15.2 Å². The van der Waals surface area contributed by atoms with E-state index in [-0.39, 0.29) is 22.5 Å². The molecule has 4 unspecified atom stereocenters. The lowest BCUT2D eigenvalue weighted by Crippen LogP contribution is -2.42. The molecule has 0 aromatic heterocycles. The largest absolute Gasteiger partial charge is 0.550 e. The topological polar surface area (TPSA) is 69.2 Å². The van der Waals surface area contributed by atoms with Crippen LogP contribution in [0.2, 0.25) is 5.02 Å². The van der Waals surface area contributed by atoms with E-state index < -0.39 is 35.5 Å². The van der Waals surface area contributed by atoms with Crippen molar-refractivity contribution in [1.82, 2.24) is 0 Å². The average molecular weight is 359 g/mol. The minimum atomic E-state index is -4.58. The first-order chi connectivity index (χ1) is 11.2. The van der Waals surface area contributed by atoms with E-state index in [1.807, 2.05) is 0 Å². The van der Waals surface area contributed by atoms with Gasteiger partial charge in [0.2, 0.25) is 5.91 Å². The SMILES string of the molecule is O=C([O-])C1C2C=CC(C2)C1C(=O)Nc1cc(C(F)(F)F)ccc1Cl. The van der Waals surface area contributed by atoms with E-state index >= 15 is 0 Å². The maximum Gasteiger partial charge on any atom is 0.416 e. The van der Waals surface area contributed by atoms with Crippen molar-refractivity contribution >= 4 is 29.2 Å². The van der Waals surface area contributed by atoms with Gasteiger partial charge >= 0.3 is 6.18 Å². The molecule has 8 heteroatoms. The molecule has 128 valence electrons. The number of carbonyl (C=O) groups is 2. The van der Waals surface area contributed by atoms with Crippen molar-refractivity contribution in [2.75, 3.05) is 5.32 Å². The number of carboxylic acids is 1. The van der Waals surface area contributed by atoms with Crippen molar-refractivity contribution in [2.24, 2.45) is 23.7 Å². The fourth-order valence-corrected chi connectivity index (χ4v) is 3.68. The van der Waals surface area contributed by atoms with Crippen LogP contribution in [0.5, 0.6) is 0 Å². The summed E-state index contributed by atoms with van der Waals surface area (Å²) in [6.45, 7) is 0. The average Bonchev–Trinajstić information content (AvgIpc) is 3.08. The van der Waals surface area contributed by atoms with Crippen LogP contribution >= 0.6 is 11.6 Å². The van der Waals surface area contributed by atoms with Crippen molar-refractivity contribution in [2.45, 2.75) is 12.6 Å². The van der Waals surface area contributed by atoms with Crippen molar-refractivity contribution in [3.8, 4) is 0 Å². The molecule has 2 aliphatic carbocycles. The van der Waals surface area contributed by atoms with E-state index in [0.29, 0.717) is 6.42 Å². The van der Waals surface area contributed by atoms with Gasteiger partial charge in [0.1, 0.15) is 0 Å². The van der Waals surface area contributed by atoms with Gasteiger partial charge in [0, 0.05) is 11.9 Å². The lowest BCUT2D eigenvalue weighted by molar-refractivity contribution is -0.313. The quantitative estimate of drug-likeness (QED) is 0.844. The summed E-state index contributed by atoms with van der Waals surface area (Å²) in [5, 5.41) is 13.6. The lowest BCUT2D eigenvalue weighted by atomic mass is 9.82. The molecule has 3 rings (SSSR count). The van der Waals surface area contributed by atoms with Gasteiger partial charge in [-0.2, -0.15) is 13.2 Å². The summed E-state index contributed by atoms with van der Waals surface area (Å²) in [5.41, 5.74) is -1.15. The summed E-state index contributed by atoms with van der Waals surface area (Å²) in [6, 6.07) is 2.58. The normalized spacial score (nSPS) is 28.2. The van der Waals surface area contributed by atoms with Crippen LogP contribution < -0.4 is 10.4 Å². The second-order valence-electron chi connectivity index (χ2n) is 6.00. The Hall–Kier alpha value is -2.02. The molecule has 1 aromatic rings. The van der Waals surface area contributed by atoms with Gasteiger partial charge in [0.25, 0.3) is 0 Å². The molecule has 0 radical (unpaired) electrons. The van der Waals surface area contributed by atoms with Crippen LogP contribution in [0.3, 0.4) is 0 Å². The zero-order valence-corrected chi connectivity index (χ0v) is 12.9. The number of fused-ring (bicyclic) bond motifs is 2. The molecule has 1 aromatic carbocycles. The van der Waals surface area contributed by atoms with Crippen LogP contribution in [0.15, 0.2) is 30.4 Å². The zero-order valence-electron chi connectivity index (χ0n) is 12.1. The van der Waals surface area contributed by atoms with Gasteiger partial charge in [0.15, 0.2) is 0 Å². The summed E-state index contributed by atoms with van der Waals surface area (Å²) in [6.07, 6.45) is -0.548. The third-order valence-electron chi connectivity index (χ3n) is 4.59. The molecule has 0 spiro atoms. The van der Waals surface area contributed by atoms with Gasteiger partial charge in [-0.1, -0.05) is 23.8 Å². The number of amides is 1. The predicted molar refractivity (Wildman–Crippen MR) is 77.8 cm³/mol. The highest BCUT2D eigenvalue weighted by Crippen LogP contribution is 2.48. The Labute approximate surface area is 140 Å². The Bertz CT molecular complexity index is 732. The van der Waals surface area contributed by atoms with E-state index in [0.717, 1.165) is 18.2 Å². The number of halogens is 4. The molecule has 0 aliphatic heterocycles. The van der Waals surface area contributed by atoms with Gasteiger partial charge in [-0.15, -0.1) is 0 Å². The Morgan fingerprint density at radius 3 is 2.38 bits per heavy atom. The third kappa shape index (κ3) is 2.88. The molecule has 0 saturated heterocycles. The molecule has 4 nitrogen and oxygen atoms in total.